The van der Waals surface area contributed by atoms with Gasteiger partial charge in [-0.2, -0.15) is 0 Å². The molecule has 0 fully saturated rings. The molecule has 8 heteroatoms. The Labute approximate surface area is 147 Å². The van der Waals surface area contributed by atoms with E-state index in [1.165, 1.54) is 11.6 Å². The molecule has 1 aliphatic heterocycles. The first kappa shape index (κ1) is 15.9. The lowest BCUT2D eigenvalue weighted by molar-refractivity contribution is 0.708. The van der Waals surface area contributed by atoms with Crippen LogP contribution in [0, 0.1) is 0 Å². The Hall–Kier alpha value is -2.61. The van der Waals surface area contributed by atoms with Crippen molar-refractivity contribution in [1.82, 2.24) is 18.7 Å². The molecule has 0 saturated carbocycles. The minimum atomic E-state index is -0.383. The number of benzene rings is 1. The van der Waals surface area contributed by atoms with Gasteiger partial charge < -0.3 is 0 Å². The maximum atomic E-state index is 12.8. The molecule has 0 unspecified atom stereocenters. The average Bonchev–Trinajstić information content (AvgIpc) is 2.98. The van der Waals surface area contributed by atoms with E-state index >= 15 is 0 Å². The molecule has 25 heavy (non-hydrogen) atoms. The normalized spacial score (nSPS) is 14.7. The van der Waals surface area contributed by atoms with Crippen LogP contribution >= 0.6 is 11.8 Å². The summed E-state index contributed by atoms with van der Waals surface area (Å²) in [5.74, 6) is 1.56. The van der Waals surface area contributed by atoms with Crippen LogP contribution in [0.5, 0.6) is 0 Å². The fourth-order valence-electron chi connectivity index (χ4n) is 2.96. The number of hydrogen-bond acceptors (Lipinski definition) is 5. The van der Waals surface area contributed by atoms with Crippen LogP contribution in [0.25, 0.3) is 11.2 Å². The number of imidazole rings is 1. The van der Waals surface area contributed by atoms with Gasteiger partial charge in [-0.3, -0.25) is 23.5 Å². The summed E-state index contributed by atoms with van der Waals surface area (Å²) in [6.07, 6.45) is 0.932. The minimum Gasteiger partial charge on any atom is -0.279 e. The van der Waals surface area contributed by atoms with E-state index in [-0.39, 0.29) is 11.2 Å². The van der Waals surface area contributed by atoms with E-state index < -0.39 is 0 Å². The Balaban J connectivity index is 2.14. The molecule has 0 amide bonds. The van der Waals surface area contributed by atoms with Crippen LogP contribution in [-0.4, -0.2) is 36.8 Å². The average molecular weight is 355 g/mol. The predicted octanol–water partition coefficient (Wildman–Crippen LogP) is 1.22. The summed E-state index contributed by atoms with van der Waals surface area (Å²) in [5.41, 5.74) is 0.951. The molecule has 0 N–H and O–H groups in total. The van der Waals surface area contributed by atoms with Crippen molar-refractivity contribution in [1.29, 1.82) is 0 Å². The number of hydrogen-bond donors (Lipinski definition) is 0. The van der Waals surface area contributed by atoms with Crippen molar-refractivity contribution >= 4 is 28.8 Å². The van der Waals surface area contributed by atoms with E-state index in [0.29, 0.717) is 28.7 Å². The Morgan fingerprint density at radius 3 is 2.60 bits per heavy atom. The first-order chi connectivity index (χ1) is 12.1. The Bertz CT molecular complexity index is 1110. The standard InChI is InChI=1S/C17H17N5O2S/c1-20-14-12(15(23)21(2)17(20)24)22-13(11-7-4-3-5-8-11)18-9-6-10-25-16(22)19-14/h3-5,7-8H,6,9-10H2,1-2H3. The van der Waals surface area contributed by atoms with Gasteiger partial charge in [0.2, 0.25) is 0 Å². The summed E-state index contributed by atoms with van der Waals surface area (Å²) in [6, 6.07) is 9.75. The SMILES string of the molecule is Cn1c(=O)c2c(nc3n2C(c2ccccc2)=NCCCS3)n(C)c1=O. The molecule has 3 heterocycles. The third kappa shape index (κ3) is 2.44. The zero-order chi connectivity index (χ0) is 17.6. The van der Waals surface area contributed by atoms with Crippen molar-refractivity contribution in [3.05, 3.63) is 56.7 Å². The third-order valence-electron chi connectivity index (χ3n) is 4.27. The van der Waals surface area contributed by atoms with E-state index in [9.17, 15) is 9.59 Å². The summed E-state index contributed by atoms with van der Waals surface area (Å²) in [7, 11) is 3.12. The van der Waals surface area contributed by atoms with Crippen LogP contribution in [-0.2, 0) is 14.1 Å². The summed E-state index contributed by atoms with van der Waals surface area (Å²) in [4.78, 5) is 34.4. The lowest BCUT2D eigenvalue weighted by Gasteiger charge is -2.15. The molecule has 7 nitrogen and oxygen atoms in total. The van der Waals surface area contributed by atoms with Crippen LogP contribution in [0.2, 0.25) is 0 Å². The largest absolute Gasteiger partial charge is 0.332 e. The van der Waals surface area contributed by atoms with Crippen molar-refractivity contribution in [2.45, 2.75) is 11.6 Å². The molecule has 1 aliphatic rings. The second kappa shape index (κ2) is 6.03. The second-order valence-corrected chi connectivity index (χ2v) is 6.94. The number of aryl methyl sites for hydroxylation is 1. The number of aliphatic imine (C=N–C) groups is 1. The smallest absolute Gasteiger partial charge is 0.279 e. The molecule has 0 aliphatic carbocycles. The van der Waals surface area contributed by atoms with Crippen molar-refractivity contribution in [2.24, 2.45) is 19.1 Å². The highest BCUT2D eigenvalue weighted by molar-refractivity contribution is 7.99. The van der Waals surface area contributed by atoms with Crippen molar-refractivity contribution in [2.75, 3.05) is 12.3 Å². The molecule has 128 valence electrons. The minimum absolute atomic E-state index is 0.360. The highest BCUT2D eigenvalue weighted by Gasteiger charge is 2.24. The van der Waals surface area contributed by atoms with E-state index in [0.717, 1.165) is 22.3 Å². The first-order valence-corrected chi connectivity index (χ1v) is 8.99. The molecule has 2 aromatic heterocycles. The molecule has 0 spiro atoms. The van der Waals surface area contributed by atoms with Crippen LogP contribution in [0.15, 0.2) is 50.1 Å². The maximum absolute atomic E-state index is 12.8. The first-order valence-electron chi connectivity index (χ1n) is 8.01. The van der Waals surface area contributed by atoms with Crippen LogP contribution in [0.3, 0.4) is 0 Å². The van der Waals surface area contributed by atoms with Crippen molar-refractivity contribution in [3.63, 3.8) is 0 Å². The van der Waals surface area contributed by atoms with Gasteiger partial charge in [-0.15, -0.1) is 0 Å². The molecule has 0 bridgehead atoms. The van der Waals surface area contributed by atoms with Crippen molar-refractivity contribution < 1.29 is 0 Å². The molecular formula is C17H17N5O2S. The number of thioether (sulfide) groups is 1. The summed E-state index contributed by atoms with van der Waals surface area (Å²) in [5, 5.41) is 0.690. The van der Waals surface area contributed by atoms with Crippen LogP contribution < -0.4 is 11.2 Å². The van der Waals surface area contributed by atoms with Crippen molar-refractivity contribution in [3.8, 4) is 0 Å². The van der Waals surface area contributed by atoms with Gasteiger partial charge in [0.1, 0.15) is 5.84 Å². The van der Waals surface area contributed by atoms with Gasteiger partial charge >= 0.3 is 5.69 Å². The molecular weight excluding hydrogens is 338 g/mol. The molecule has 3 aromatic rings. The monoisotopic (exact) mass is 355 g/mol. The highest BCUT2D eigenvalue weighted by Crippen LogP contribution is 2.25. The van der Waals surface area contributed by atoms with Gasteiger partial charge in [0.15, 0.2) is 16.3 Å². The Morgan fingerprint density at radius 2 is 1.84 bits per heavy atom. The number of nitrogens with zero attached hydrogens (tertiary/aromatic N) is 5. The quantitative estimate of drug-likeness (QED) is 0.658. The molecule has 0 atom stereocenters. The van der Waals surface area contributed by atoms with E-state index in [2.05, 4.69) is 4.98 Å². The summed E-state index contributed by atoms with van der Waals surface area (Å²) in [6.45, 7) is 0.683. The Morgan fingerprint density at radius 1 is 1.08 bits per heavy atom. The topological polar surface area (TPSA) is 74.2 Å². The van der Waals surface area contributed by atoms with Gasteiger partial charge in [0.05, 0.1) is 0 Å². The van der Waals surface area contributed by atoms with Crippen LogP contribution in [0.1, 0.15) is 12.0 Å². The number of rotatable bonds is 1. The second-order valence-electron chi connectivity index (χ2n) is 5.88. The summed E-state index contributed by atoms with van der Waals surface area (Å²) >= 11 is 1.58. The third-order valence-corrected chi connectivity index (χ3v) is 5.29. The molecule has 0 saturated heterocycles. The Kier molecular flexibility index (Phi) is 3.84. The van der Waals surface area contributed by atoms with Gasteiger partial charge in [-0.1, -0.05) is 42.1 Å². The van der Waals surface area contributed by atoms with E-state index in [1.54, 1.807) is 23.4 Å². The predicted molar refractivity (Wildman–Crippen MR) is 98.8 cm³/mol. The lowest BCUT2D eigenvalue weighted by atomic mass is 10.2. The van der Waals surface area contributed by atoms with Crippen LogP contribution in [0.4, 0.5) is 0 Å². The van der Waals surface area contributed by atoms with E-state index in [4.69, 9.17) is 4.99 Å². The summed E-state index contributed by atoms with van der Waals surface area (Å²) < 4.78 is 4.33. The van der Waals surface area contributed by atoms with Gasteiger partial charge in [0, 0.05) is 32.0 Å². The fourth-order valence-corrected chi connectivity index (χ4v) is 3.87. The van der Waals surface area contributed by atoms with Gasteiger partial charge in [-0.05, 0) is 6.42 Å². The highest BCUT2D eigenvalue weighted by atomic mass is 32.2. The fraction of sp³-hybridized carbons (Fsp3) is 0.294. The zero-order valence-electron chi connectivity index (χ0n) is 14.0. The molecule has 4 rings (SSSR count). The zero-order valence-corrected chi connectivity index (χ0v) is 14.8. The van der Waals surface area contributed by atoms with Gasteiger partial charge in [-0.25, -0.2) is 9.78 Å². The van der Waals surface area contributed by atoms with E-state index in [1.807, 2.05) is 30.3 Å². The maximum Gasteiger partial charge on any atom is 0.332 e. The number of aromatic nitrogens is 4. The van der Waals surface area contributed by atoms with Gasteiger partial charge in [0.25, 0.3) is 5.56 Å². The lowest BCUT2D eigenvalue weighted by Crippen LogP contribution is -2.38. The molecule has 1 aromatic carbocycles. The molecule has 0 radical (unpaired) electrons. The number of fused-ring (bicyclic) bond motifs is 3.